The van der Waals surface area contributed by atoms with Gasteiger partial charge < -0.3 is 10.2 Å². The van der Waals surface area contributed by atoms with E-state index in [0.717, 1.165) is 16.9 Å². The Labute approximate surface area is 113 Å². The first-order valence-electron chi connectivity index (χ1n) is 6.29. The third-order valence-electron chi connectivity index (χ3n) is 3.07. The van der Waals surface area contributed by atoms with E-state index in [0.29, 0.717) is 0 Å². The van der Waals surface area contributed by atoms with Crippen molar-refractivity contribution in [2.24, 2.45) is 0 Å². The van der Waals surface area contributed by atoms with Crippen molar-refractivity contribution in [1.82, 2.24) is 0 Å². The molecule has 0 aliphatic heterocycles. The minimum atomic E-state index is 0.0400. The van der Waals surface area contributed by atoms with Gasteiger partial charge in [-0.05, 0) is 30.7 Å². The highest BCUT2D eigenvalue weighted by Gasteiger charge is 2.11. The normalized spacial score (nSPS) is 10.0. The second kappa shape index (κ2) is 6.05. The summed E-state index contributed by atoms with van der Waals surface area (Å²) >= 11 is 0. The number of hydrogen-bond acceptors (Lipinski definition) is 2. The lowest BCUT2D eigenvalue weighted by Crippen LogP contribution is -2.32. The average Bonchev–Trinajstić information content (AvgIpc) is 2.45. The maximum absolute atomic E-state index is 12.1. The van der Waals surface area contributed by atoms with Gasteiger partial charge in [0.1, 0.15) is 0 Å². The van der Waals surface area contributed by atoms with Gasteiger partial charge in [0.25, 0.3) is 0 Å². The highest BCUT2D eigenvalue weighted by Crippen LogP contribution is 2.17. The highest BCUT2D eigenvalue weighted by atomic mass is 16.2. The van der Waals surface area contributed by atoms with Crippen LogP contribution in [0.25, 0.3) is 0 Å². The van der Waals surface area contributed by atoms with Crippen molar-refractivity contribution in [2.45, 2.75) is 6.92 Å². The molecule has 0 aromatic heterocycles. The fourth-order valence-electron chi connectivity index (χ4n) is 1.93. The number of carbonyl (C=O) groups is 1. The van der Waals surface area contributed by atoms with Gasteiger partial charge >= 0.3 is 0 Å². The molecule has 2 aromatic carbocycles. The molecule has 0 saturated carbocycles. The molecule has 3 nitrogen and oxygen atoms in total. The molecule has 0 heterocycles. The van der Waals surface area contributed by atoms with Gasteiger partial charge in [-0.2, -0.15) is 0 Å². The number of aryl methyl sites for hydroxylation is 1. The molecule has 1 amide bonds. The predicted octanol–water partition coefficient (Wildman–Crippen LogP) is 3.07. The molecule has 0 aliphatic carbocycles. The predicted molar refractivity (Wildman–Crippen MR) is 79.5 cm³/mol. The van der Waals surface area contributed by atoms with Crippen LogP contribution in [-0.4, -0.2) is 19.5 Å². The Morgan fingerprint density at radius 2 is 1.68 bits per heavy atom. The Morgan fingerprint density at radius 1 is 1.05 bits per heavy atom. The summed E-state index contributed by atoms with van der Waals surface area (Å²) in [5.74, 6) is 0.0400. The largest absolute Gasteiger partial charge is 0.376 e. The summed E-state index contributed by atoms with van der Waals surface area (Å²) in [6.07, 6.45) is 0. The summed E-state index contributed by atoms with van der Waals surface area (Å²) in [6.45, 7) is 2.29. The van der Waals surface area contributed by atoms with E-state index >= 15 is 0 Å². The van der Waals surface area contributed by atoms with Gasteiger partial charge in [-0.15, -0.1) is 0 Å². The van der Waals surface area contributed by atoms with Crippen molar-refractivity contribution in [1.29, 1.82) is 0 Å². The van der Waals surface area contributed by atoms with Crippen LogP contribution >= 0.6 is 0 Å². The quantitative estimate of drug-likeness (QED) is 0.909. The Kier molecular flexibility index (Phi) is 4.18. The van der Waals surface area contributed by atoms with Crippen LogP contribution in [0, 0.1) is 6.92 Å². The zero-order valence-electron chi connectivity index (χ0n) is 11.3. The minimum absolute atomic E-state index is 0.0400. The summed E-state index contributed by atoms with van der Waals surface area (Å²) in [5.41, 5.74) is 2.99. The Balaban J connectivity index is 1.99. The molecule has 0 unspecified atom stereocenters. The van der Waals surface area contributed by atoms with E-state index in [4.69, 9.17) is 0 Å². The second-order valence-corrected chi connectivity index (χ2v) is 4.46. The Morgan fingerprint density at radius 3 is 2.37 bits per heavy atom. The number of para-hydroxylation sites is 2. The lowest BCUT2D eigenvalue weighted by atomic mass is 10.2. The molecule has 0 radical (unpaired) electrons. The molecule has 1 N–H and O–H groups in total. The van der Waals surface area contributed by atoms with Gasteiger partial charge in [0, 0.05) is 18.4 Å². The maximum atomic E-state index is 12.1. The number of anilines is 2. The first-order valence-corrected chi connectivity index (χ1v) is 6.29. The van der Waals surface area contributed by atoms with Crippen LogP contribution in [0.15, 0.2) is 54.6 Å². The van der Waals surface area contributed by atoms with E-state index in [1.165, 1.54) is 0 Å². The molecule has 19 heavy (non-hydrogen) atoms. The number of amides is 1. The van der Waals surface area contributed by atoms with Crippen molar-refractivity contribution in [2.75, 3.05) is 23.8 Å². The lowest BCUT2D eigenvalue weighted by molar-refractivity contribution is -0.116. The zero-order chi connectivity index (χ0) is 13.7. The molecule has 2 aromatic rings. The molecule has 3 heteroatoms. The number of hydrogen-bond donors (Lipinski definition) is 1. The van der Waals surface area contributed by atoms with Crippen molar-refractivity contribution < 1.29 is 4.79 Å². The molecule has 98 valence electrons. The van der Waals surface area contributed by atoms with Crippen LogP contribution in [0.2, 0.25) is 0 Å². The lowest BCUT2D eigenvalue weighted by Gasteiger charge is -2.20. The molecular formula is C16H18N2O. The van der Waals surface area contributed by atoms with E-state index in [-0.39, 0.29) is 12.5 Å². The van der Waals surface area contributed by atoms with Gasteiger partial charge in [0.15, 0.2) is 0 Å². The average molecular weight is 254 g/mol. The van der Waals surface area contributed by atoms with Crippen LogP contribution in [0.4, 0.5) is 11.4 Å². The van der Waals surface area contributed by atoms with E-state index < -0.39 is 0 Å². The molecule has 0 atom stereocenters. The molecule has 0 spiro atoms. The second-order valence-electron chi connectivity index (χ2n) is 4.46. The summed E-state index contributed by atoms with van der Waals surface area (Å²) in [4.78, 5) is 13.8. The summed E-state index contributed by atoms with van der Waals surface area (Å²) in [7, 11) is 1.80. The maximum Gasteiger partial charge on any atom is 0.246 e. The van der Waals surface area contributed by atoms with Crippen molar-refractivity contribution in [3.63, 3.8) is 0 Å². The molecule has 0 saturated heterocycles. The Hall–Kier alpha value is -2.29. The number of benzene rings is 2. The fraction of sp³-hybridized carbons (Fsp3) is 0.188. The van der Waals surface area contributed by atoms with E-state index in [1.807, 2.05) is 61.5 Å². The van der Waals surface area contributed by atoms with E-state index in [9.17, 15) is 4.79 Å². The van der Waals surface area contributed by atoms with Gasteiger partial charge in [-0.25, -0.2) is 0 Å². The van der Waals surface area contributed by atoms with Gasteiger partial charge in [-0.1, -0.05) is 36.4 Å². The summed E-state index contributed by atoms with van der Waals surface area (Å²) < 4.78 is 0. The summed E-state index contributed by atoms with van der Waals surface area (Å²) in [6, 6.07) is 17.6. The molecule has 0 fully saturated rings. The van der Waals surface area contributed by atoms with Crippen LogP contribution in [0.5, 0.6) is 0 Å². The first-order chi connectivity index (χ1) is 9.18. The van der Waals surface area contributed by atoms with Crippen LogP contribution in [0.3, 0.4) is 0 Å². The number of likely N-dealkylation sites (N-methyl/N-ethyl adjacent to an activating group) is 1. The van der Waals surface area contributed by atoms with Gasteiger partial charge in [0.2, 0.25) is 5.91 Å². The third-order valence-corrected chi connectivity index (χ3v) is 3.07. The van der Waals surface area contributed by atoms with Crippen molar-refractivity contribution in [3.05, 3.63) is 60.2 Å². The first kappa shape index (κ1) is 13.1. The monoisotopic (exact) mass is 254 g/mol. The van der Waals surface area contributed by atoms with Crippen LogP contribution in [0.1, 0.15) is 5.56 Å². The number of nitrogens with zero attached hydrogens (tertiary/aromatic N) is 1. The van der Waals surface area contributed by atoms with Gasteiger partial charge in [-0.3, -0.25) is 4.79 Å². The Bertz CT molecular complexity index is 552. The van der Waals surface area contributed by atoms with Crippen molar-refractivity contribution in [3.8, 4) is 0 Å². The number of nitrogens with one attached hydrogen (secondary N) is 1. The van der Waals surface area contributed by atoms with Crippen LogP contribution in [-0.2, 0) is 4.79 Å². The topological polar surface area (TPSA) is 32.3 Å². The summed E-state index contributed by atoms with van der Waals surface area (Å²) in [5, 5.41) is 3.12. The number of rotatable bonds is 4. The molecular weight excluding hydrogens is 236 g/mol. The highest BCUT2D eigenvalue weighted by molar-refractivity contribution is 5.96. The van der Waals surface area contributed by atoms with Gasteiger partial charge in [0.05, 0.1) is 6.54 Å². The smallest absolute Gasteiger partial charge is 0.246 e. The zero-order valence-corrected chi connectivity index (χ0v) is 11.3. The molecule has 0 aliphatic rings. The SMILES string of the molecule is Cc1ccccc1N(C)C(=O)CNc1ccccc1. The minimum Gasteiger partial charge on any atom is -0.376 e. The molecule has 0 bridgehead atoms. The van der Waals surface area contributed by atoms with Crippen LogP contribution < -0.4 is 10.2 Å². The third kappa shape index (κ3) is 3.35. The van der Waals surface area contributed by atoms with Crippen molar-refractivity contribution >= 4 is 17.3 Å². The fourth-order valence-corrected chi connectivity index (χ4v) is 1.93. The standard InChI is InChI=1S/C16H18N2O/c1-13-8-6-7-11-15(13)18(2)16(19)12-17-14-9-4-3-5-10-14/h3-11,17H,12H2,1-2H3. The van der Waals surface area contributed by atoms with E-state index in [2.05, 4.69) is 5.32 Å². The number of carbonyl (C=O) groups excluding carboxylic acids is 1. The van der Waals surface area contributed by atoms with E-state index in [1.54, 1.807) is 11.9 Å². The molecule has 2 rings (SSSR count).